The van der Waals surface area contributed by atoms with Gasteiger partial charge in [0.1, 0.15) is 5.75 Å². The lowest BCUT2D eigenvalue weighted by Crippen LogP contribution is -1.97. The molecular weight excluding hydrogens is 286 g/mol. The van der Waals surface area contributed by atoms with Crippen LogP contribution in [0.15, 0.2) is 72.9 Å². The molecule has 23 heavy (non-hydrogen) atoms. The molecule has 0 amide bonds. The van der Waals surface area contributed by atoms with Gasteiger partial charge in [-0.15, -0.1) is 5.10 Å². The standard InChI is InChI=1S/C19H15N3O/c1-14-6-5-7-15(12-14)17-13-20-18-10-11-19(21-22(17)18)23-16-8-3-2-4-9-16/h2-13H,1H3. The Morgan fingerprint density at radius 2 is 1.78 bits per heavy atom. The van der Waals surface area contributed by atoms with Gasteiger partial charge in [-0.05, 0) is 31.2 Å². The molecule has 0 fully saturated rings. The van der Waals surface area contributed by atoms with E-state index in [9.17, 15) is 0 Å². The van der Waals surface area contributed by atoms with Gasteiger partial charge in [0, 0.05) is 11.6 Å². The van der Waals surface area contributed by atoms with Gasteiger partial charge in [0.2, 0.25) is 5.88 Å². The number of fused-ring (bicyclic) bond motifs is 1. The Hall–Kier alpha value is -3.14. The topological polar surface area (TPSA) is 39.4 Å². The van der Waals surface area contributed by atoms with Gasteiger partial charge >= 0.3 is 0 Å². The first-order valence-corrected chi connectivity index (χ1v) is 7.44. The van der Waals surface area contributed by atoms with Crippen molar-refractivity contribution in [3.05, 3.63) is 78.5 Å². The number of benzene rings is 2. The zero-order valence-electron chi connectivity index (χ0n) is 12.7. The minimum Gasteiger partial charge on any atom is -0.438 e. The Bertz CT molecular complexity index is 961. The van der Waals surface area contributed by atoms with E-state index in [-0.39, 0.29) is 0 Å². The molecule has 0 aliphatic rings. The van der Waals surface area contributed by atoms with Crippen LogP contribution in [0, 0.1) is 6.92 Å². The average Bonchev–Trinajstić information content (AvgIpc) is 2.99. The van der Waals surface area contributed by atoms with Crippen molar-refractivity contribution in [3.8, 4) is 22.9 Å². The van der Waals surface area contributed by atoms with Gasteiger partial charge in [-0.25, -0.2) is 9.50 Å². The summed E-state index contributed by atoms with van der Waals surface area (Å²) in [5.74, 6) is 1.30. The van der Waals surface area contributed by atoms with Crippen LogP contribution in [0.5, 0.6) is 11.6 Å². The lowest BCUT2D eigenvalue weighted by atomic mass is 10.1. The van der Waals surface area contributed by atoms with Crippen molar-refractivity contribution >= 4 is 5.65 Å². The van der Waals surface area contributed by atoms with Crippen LogP contribution >= 0.6 is 0 Å². The van der Waals surface area contributed by atoms with Crippen LogP contribution in [0.4, 0.5) is 0 Å². The molecule has 0 radical (unpaired) electrons. The van der Waals surface area contributed by atoms with Crippen LogP contribution in [-0.4, -0.2) is 14.6 Å². The van der Waals surface area contributed by atoms with Gasteiger partial charge < -0.3 is 4.74 Å². The Labute approximate surface area is 134 Å². The molecule has 0 atom stereocenters. The van der Waals surface area contributed by atoms with E-state index >= 15 is 0 Å². The third kappa shape index (κ3) is 2.66. The molecule has 0 spiro atoms. The normalized spacial score (nSPS) is 10.8. The molecule has 2 aromatic carbocycles. The van der Waals surface area contributed by atoms with E-state index in [2.05, 4.69) is 35.2 Å². The van der Waals surface area contributed by atoms with Crippen molar-refractivity contribution in [2.75, 3.05) is 0 Å². The minimum absolute atomic E-state index is 0.538. The molecule has 2 heterocycles. The average molecular weight is 301 g/mol. The number of nitrogens with zero attached hydrogens (tertiary/aromatic N) is 3. The van der Waals surface area contributed by atoms with Crippen LogP contribution in [-0.2, 0) is 0 Å². The Morgan fingerprint density at radius 1 is 0.913 bits per heavy atom. The summed E-state index contributed by atoms with van der Waals surface area (Å²) in [6.45, 7) is 2.07. The van der Waals surface area contributed by atoms with Crippen molar-refractivity contribution in [1.29, 1.82) is 0 Å². The summed E-state index contributed by atoms with van der Waals surface area (Å²) in [4.78, 5) is 4.42. The first-order chi connectivity index (χ1) is 11.3. The van der Waals surface area contributed by atoms with E-state index in [4.69, 9.17) is 4.74 Å². The fourth-order valence-corrected chi connectivity index (χ4v) is 2.52. The quantitative estimate of drug-likeness (QED) is 0.559. The lowest BCUT2D eigenvalue weighted by molar-refractivity contribution is 0.453. The van der Waals surface area contributed by atoms with Crippen molar-refractivity contribution in [3.63, 3.8) is 0 Å². The summed E-state index contributed by atoms with van der Waals surface area (Å²) in [7, 11) is 0. The molecule has 112 valence electrons. The van der Waals surface area contributed by atoms with E-state index in [1.54, 1.807) is 0 Å². The van der Waals surface area contributed by atoms with Gasteiger partial charge in [-0.2, -0.15) is 0 Å². The van der Waals surface area contributed by atoms with Crippen LogP contribution in [0.2, 0.25) is 0 Å². The maximum atomic E-state index is 5.81. The molecule has 0 bridgehead atoms. The third-order valence-corrected chi connectivity index (χ3v) is 3.62. The maximum absolute atomic E-state index is 5.81. The molecule has 0 N–H and O–H groups in total. The first-order valence-electron chi connectivity index (χ1n) is 7.44. The van der Waals surface area contributed by atoms with E-state index < -0.39 is 0 Å². The molecule has 0 aliphatic heterocycles. The van der Waals surface area contributed by atoms with Crippen molar-refractivity contribution in [2.45, 2.75) is 6.92 Å². The van der Waals surface area contributed by atoms with Crippen LogP contribution < -0.4 is 4.74 Å². The van der Waals surface area contributed by atoms with Crippen molar-refractivity contribution in [2.24, 2.45) is 0 Å². The zero-order chi connectivity index (χ0) is 15.6. The van der Waals surface area contributed by atoms with Gasteiger partial charge in [0.15, 0.2) is 5.65 Å². The van der Waals surface area contributed by atoms with Gasteiger partial charge in [-0.1, -0.05) is 42.0 Å². The largest absolute Gasteiger partial charge is 0.438 e. The highest BCUT2D eigenvalue weighted by atomic mass is 16.5. The molecule has 0 aliphatic carbocycles. The Kier molecular flexibility index (Phi) is 3.27. The second-order valence-electron chi connectivity index (χ2n) is 5.37. The summed E-state index contributed by atoms with van der Waals surface area (Å²) >= 11 is 0. The third-order valence-electron chi connectivity index (χ3n) is 3.62. The number of imidazole rings is 1. The summed E-state index contributed by atoms with van der Waals surface area (Å²) in [5, 5.41) is 4.57. The number of hydrogen-bond donors (Lipinski definition) is 0. The summed E-state index contributed by atoms with van der Waals surface area (Å²) < 4.78 is 7.62. The van der Waals surface area contributed by atoms with E-state index in [1.165, 1.54) is 5.56 Å². The molecule has 4 nitrogen and oxygen atoms in total. The fourth-order valence-electron chi connectivity index (χ4n) is 2.52. The molecule has 4 rings (SSSR count). The molecule has 4 aromatic rings. The molecule has 0 unspecified atom stereocenters. The molecular formula is C19H15N3O. The van der Waals surface area contributed by atoms with Crippen LogP contribution in [0.25, 0.3) is 16.9 Å². The van der Waals surface area contributed by atoms with E-state index in [0.29, 0.717) is 5.88 Å². The second-order valence-corrected chi connectivity index (χ2v) is 5.37. The fraction of sp³-hybridized carbons (Fsp3) is 0.0526. The second kappa shape index (κ2) is 5.57. The van der Waals surface area contributed by atoms with E-state index in [1.807, 2.05) is 59.2 Å². The van der Waals surface area contributed by atoms with Crippen molar-refractivity contribution < 1.29 is 4.74 Å². The highest BCUT2D eigenvalue weighted by Gasteiger charge is 2.09. The summed E-state index contributed by atoms with van der Waals surface area (Å²) in [6, 6.07) is 21.7. The van der Waals surface area contributed by atoms with Gasteiger partial charge in [0.05, 0.1) is 11.9 Å². The monoisotopic (exact) mass is 301 g/mol. The lowest BCUT2D eigenvalue weighted by Gasteiger charge is -2.06. The summed E-state index contributed by atoms with van der Waals surface area (Å²) in [6.07, 6.45) is 1.84. The predicted molar refractivity (Wildman–Crippen MR) is 89.7 cm³/mol. The Balaban J connectivity index is 1.77. The number of para-hydroxylation sites is 1. The first kappa shape index (κ1) is 13.5. The SMILES string of the molecule is Cc1cccc(-c2cnc3ccc(Oc4ccccc4)nn23)c1. The zero-order valence-corrected chi connectivity index (χ0v) is 12.7. The van der Waals surface area contributed by atoms with Crippen LogP contribution in [0.3, 0.4) is 0 Å². The number of hydrogen-bond acceptors (Lipinski definition) is 3. The van der Waals surface area contributed by atoms with Gasteiger partial charge in [-0.3, -0.25) is 0 Å². The minimum atomic E-state index is 0.538. The molecule has 0 saturated carbocycles. The number of ether oxygens (including phenoxy) is 1. The maximum Gasteiger partial charge on any atom is 0.237 e. The summed E-state index contributed by atoms with van der Waals surface area (Å²) in [5.41, 5.74) is 4.03. The number of rotatable bonds is 3. The van der Waals surface area contributed by atoms with E-state index in [0.717, 1.165) is 22.7 Å². The molecule has 4 heteroatoms. The number of aryl methyl sites for hydroxylation is 1. The number of aromatic nitrogens is 3. The van der Waals surface area contributed by atoms with Crippen LogP contribution in [0.1, 0.15) is 5.56 Å². The van der Waals surface area contributed by atoms with Crippen molar-refractivity contribution in [1.82, 2.24) is 14.6 Å². The Morgan fingerprint density at radius 3 is 2.61 bits per heavy atom. The highest BCUT2D eigenvalue weighted by molar-refractivity contribution is 5.63. The smallest absolute Gasteiger partial charge is 0.237 e. The molecule has 2 aromatic heterocycles. The van der Waals surface area contributed by atoms with Gasteiger partial charge in [0.25, 0.3) is 0 Å². The molecule has 0 saturated heterocycles. The highest BCUT2D eigenvalue weighted by Crippen LogP contribution is 2.24. The predicted octanol–water partition coefficient (Wildman–Crippen LogP) is 4.50.